The minimum absolute atomic E-state index is 0.0921. The van der Waals surface area contributed by atoms with E-state index < -0.39 is 21.3 Å². The molecule has 0 saturated heterocycles. The highest BCUT2D eigenvalue weighted by Crippen LogP contribution is 2.30. The molecule has 0 spiro atoms. The van der Waals surface area contributed by atoms with Gasteiger partial charge in [0.05, 0.1) is 0 Å². The Morgan fingerprint density at radius 3 is 2.45 bits per heavy atom. The van der Waals surface area contributed by atoms with Crippen molar-refractivity contribution < 1.29 is 8.42 Å². The highest BCUT2D eigenvalue weighted by Gasteiger charge is 2.39. The Hall–Kier alpha value is -1.45. The van der Waals surface area contributed by atoms with Crippen LogP contribution in [0.5, 0.6) is 0 Å². The van der Waals surface area contributed by atoms with Crippen LogP contribution in [0.25, 0.3) is 0 Å². The lowest BCUT2D eigenvalue weighted by molar-refractivity contribution is 0.409. The van der Waals surface area contributed by atoms with Gasteiger partial charge < -0.3 is 10.3 Å². The van der Waals surface area contributed by atoms with Crippen LogP contribution in [-0.4, -0.2) is 41.0 Å². The third-order valence-electron chi connectivity index (χ3n) is 3.31. The summed E-state index contributed by atoms with van der Waals surface area (Å²) in [5.41, 5.74) is 4.07. The second kappa shape index (κ2) is 5.15. The van der Waals surface area contributed by atoms with Gasteiger partial charge in [-0.25, -0.2) is 13.2 Å². The van der Waals surface area contributed by atoms with Crippen molar-refractivity contribution in [2.45, 2.75) is 23.8 Å². The summed E-state index contributed by atoms with van der Waals surface area (Å²) in [6, 6.07) is -0.0921. The van der Waals surface area contributed by atoms with Crippen LogP contribution >= 0.6 is 0 Å². The third-order valence-corrected chi connectivity index (χ3v) is 5.24. The van der Waals surface area contributed by atoms with E-state index in [9.17, 15) is 18.0 Å². The summed E-state index contributed by atoms with van der Waals surface area (Å²) in [5, 5.41) is 0. The topological polar surface area (TPSA) is 107 Å². The van der Waals surface area contributed by atoms with Gasteiger partial charge in [-0.2, -0.15) is 4.31 Å². The second-order valence-electron chi connectivity index (χ2n) is 4.89. The summed E-state index contributed by atoms with van der Waals surface area (Å²) in [7, 11) is -1.27. The molecule has 1 aliphatic rings. The molecule has 8 nitrogen and oxygen atoms in total. The quantitative estimate of drug-likeness (QED) is 0.690. The Bertz CT molecular complexity index is 730. The molecule has 1 fully saturated rings. The Balaban J connectivity index is 2.60. The van der Waals surface area contributed by atoms with E-state index in [0.717, 1.165) is 28.2 Å². The zero-order chi connectivity index (χ0) is 15.1. The fourth-order valence-corrected chi connectivity index (χ4v) is 3.92. The van der Waals surface area contributed by atoms with Crippen molar-refractivity contribution in [1.29, 1.82) is 0 Å². The Morgan fingerprint density at radius 2 is 1.95 bits per heavy atom. The fraction of sp³-hybridized carbons (Fsp3) is 0.636. The molecule has 20 heavy (non-hydrogen) atoms. The molecule has 1 aromatic heterocycles. The van der Waals surface area contributed by atoms with Crippen LogP contribution in [0, 0.1) is 0 Å². The standard InChI is InChI=1S/C11H18N4O4S/c1-13-7-9(10(16)14(2)11(13)17)20(18,19)15(6-5-12)8-3-4-8/h7-8H,3-6,12H2,1-2H3. The normalized spacial score (nSPS) is 15.8. The number of nitrogens with two attached hydrogens (primary N) is 1. The molecule has 0 unspecified atom stereocenters. The van der Waals surface area contributed by atoms with Gasteiger partial charge in [0.15, 0.2) is 4.90 Å². The molecule has 1 aromatic rings. The van der Waals surface area contributed by atoms with Gasteiger partial charge in [0.2, 0.25) is 10.0 Å². The van der Waals surface area contributed by atoms with Gasteiger partial charge in [-0.3, -0.25) is 9.36 Å². The number of aryl methyl sites for hydroxylation is 1. The van der Waals surface area contributed by atoms with Gasteiger partial charge in [0, 0.05) is 39.4 Å². The predicted molar refractivity (Wildman–Crippen MR) is 72.9 cm³/mol. The average Bonchev–Trinajstić information content (AvgIpc) is 3.21. The lowest BCUT2D eigenvalue weighted by atomic mass is 10.6. The van der Waals surface area contributed by atoms with Gasteiger partial charge in [-0.05, 0) is 12.8 Å². The Kier molecular flexibility index (Phi) is 3.85. The molecule has 2 N–H and O–H groups in total. The molecule has 112 valence electrons. The molecule has 1 aliphatic carbocycles. The predicted octanol–water partition coefficient (Wildman–Crippen LogP) is -1.80. The number of hydrogen-bond donors (Lipinski definition) is 1. The van der Waals surface area contributed by atoms with Crippen molar-refractivity contribution in [3.8, 4) is 0 Å². The Morgan fingerprint density at radius 1 is 1.35 bits per heavy atom. The lowest BCUT2D eigenvalue weighted by Gasteiger charge is -2.21. The van der Waals surface area contributed by atoms with Crippen LogP contribution in [0.1, 0.15) is 12.8 Å². The molecular formula is C11H18N4O4S. The van der Waals surface area contributed by atoms with Crippen LogP contribution in [-0.2, 0) is 24.1 Å². The highest BCUT2D eigenvalue weighted by atomic mass is 32.2. The summed E-state index contributed by atoms with van der Waals surface area (Å²) in [4.78, 5) is 23.3. The van der Waals surface area contributed by atoms with Crippen LogP contribution in [0.4, 0.5) is 0 Å². The van der Waals surface area contributed by atoms with E-state index in [1.165, 1.54) is 18.4 Å². The molecule has 1 saturated carbocycles. The number of nitrogens with zero attached hydrogens (tertiary/aromatic N) is 3. The zero-order valence-electron chi connectivity index (χ0n) is 11.4. The van der Waals surface area contributed by atoms with Gasteiger partial charge in [0.25, 0.3) is 5.56 Å². The first-order valence-corrected chi connectivity index (χ1v) is 7.73. The fourth-order valence-electron chi connectivity index (χ4n) is 2.07. The van der Waals surface area contributed by atoms with Crippen molar-refractivity contribution >= 4 is 10.0 Å². The van der Waals surface area contributed by atoms with E-state index in [1.54, 1.807) is 0 Å². The molecule has 0 aliphatic heterocycles. The number of rotatable bonds is 5. The van der Waals surface area contributed by atoms with Crippen molar-refractivity contribution in [1.82, 2.24) is 13.4 Å². The molecule has 0 amide bonds. The first kappa shape index (κ1) is 14.9. The molecule has 1 heterocycles. The first-order valence-electron chi connectivity index (χ1n) is 6.29. The molecular weight excluding hydrogens is 284 g/mol. The monoisotopic (exact) mass is 302 g/mol. The van der Waals surface area contributed by atoms with Crippen LogP contribution in [0.3, 0.4) is 0 Å². The van der Waals surface area contributed by atoms with Gasteiger partial charge in [-0.15, -0.1) is 0 Å². The zero-order valence-corrected chi connectivity index (χ0v) is 12.3. The van der Waals surface area contributed by atoms with Crippen molar-refractivity contribution in [3.63, 3.8) is 0 Å². The number of hydrogen-bond acceptors (Lipinski definition) is 5. The van der Waals surface area contributed by atoms with Crippen LogP contribution in [0.2, 0.25) is 0 Å². The van der Waals surface area contributed by atoms with E-state index in [0.29, 0.717) is 0 Å². The first-order chi connectivity index (χ1) is 9.30. The third kappa shape index (κ3) is 2.43. The number of sulfonamides is 1. The largest absolute Gasteiger partial charge is 0.330 e. The summed E-state index contributed by atoms with van der Waals surface area (Å²) in [6.07, 6.45) is 2.61. The van der Waals surface area contributed by atoms with Crippen LogP contribution in [0.15, 0.2) is 20.7 Å². The minimum atomic E-state index is -3.93. The van der Waals surface area contributed by atoms with Gasteiger partial charge >= 0.3 is 5.69 Å². The summed E-state index contributed by atoms with van der Waals surface area (Å²) in [6.45, 7) is 0.348. The minimum Gasteiger partial charge on any atom is -0.329 e. The summed E-state index contributed by atoms with van der Waals surface area (Å²) in [5.74, 6) is 0. The van der Waals surface area contributed by atoms with E-state index in [-0.39, 0.29) is 24.0 Å². The maximum atomic E-state index is 12.6. The van der Waals surface area contributed by atoms with Crippen molar-refractivity contribution in [2.75, 3.05) is 13.1 Å². The maximum Gasteiger partial charge on any atom is 0.330 e. The van der Waals surface area contributed by atoms with E-state index in [4.69, 9.17) is 5.73 Å². The van der Waals surface area contributed by atoms with E-state index in [1.807, 2.05) is 0 Å². The molecule has 0 aromatic carbocycles. The second-order valence-corrected chi connectivity index (χ2v) is 6.75. The van der Waals surface area contributed by atoms with Gasteiger partial charge in [-0.1, -0.05) is 0 Å². The highest BCUT2D eigenvalue weighted by molar-refractivity contribution is 7.89. The van der Waals surface area contributed by atoms with Gasteiger partial charge in [0.1, 0.15) is 0 Å². The van der Waals surface area contributed by atoms with E-state index >= 15 is 0 Å². The summed E-state index contributed by atoms with van der Waals surface area (Å²) < 4.78 is 28.3. The molecule has 2 rings (SSSR count). The average molecular weight is 302 g/mol. The van der Waals surface area contributed by atoms with Crippen molar-refractivity contribution in [3.05, 3.63) is 27.0 Å². The SMILES string of the molecule is Cn1cc(S(=O)(=O)N(CCN)C2CC2)c(=O)n(C)c1=O. The number of aromatic nitrogens is 2. The smallest absolute Gasteiger partial charge is 0.329 e. The van der Waals surface area contributed by atoms with Crippen LogP contribution < -0.4 is 17.0 Å². The molecule has 0 radical (unpaired) electrons. The van der Waals surface area contributed by atoms with Crippen molar-refractivity contribution in [2.24, 2.45) is 19.8 Å². The molecule has 0 atom stereocenters. The Labute approximate surface area is 116 Å². The van der Waals surface area contributed by atoms with E-state index in [2.05, 4.69) is 0 Å². The molecule has 0 bridgehead atoms. The maximum absolute atomic E-state index is 12.6. The lowest BCUT2D eigenvalue weighted by Crippen LogP contribution is -2.44. The molecule has 9 heteroatoms. The summed E-state index contributed by atoms with van der Waals surface area (Å²) >= 11 is 0.